The summed E-state index contributed by atoms with van der Waals surface area (Å²) < 4.78 is 5.30. The fraction of sp³-hybridized carbons (Fsp3) is 0.955. The molecule has 0 saturated heterocycles. The smallest absolute Gasteiger partial charge is 0.309 e. The second-order valence-electron chi connectivity index (χ2n) is 8.11. The Bertz CT molecular complexity index is 296. The van der Waals surface area contributed by atoms with Crippen LogP contribution in [0.25, 0.3) is 0 Å². The zero-order valence-electron chi connectivity index (χ0n) is 17.4. The van der Waals surface area contributed by atoms with Crippen LogP contribution in [0.4, 0.5) is 0 Å². The molecule has 0 spiro atoms. The molecule has 0 amide bonds. The van der Waals surface area contributed by atoms with Gasteiger partial charge in [0, 0.05) is 0 Å². The highest BCUT2D eigenvalue weighted by atomic mass is 16.5. The molecule has 144 valence electrons. The molecule has 0 aromatic carbocycles. The predicted molar refractivity (Wildman–Crippen MR) is 105 cm³/mol. The fourth-order valence-electron chi connectivity index (χ4n) is 3.48. The Balaban J connectivity index is 4.17. The van der Waals surface area contributed by atoms with Gasteiger partial charge in [-0.1, -0.05) is 92.4 Å². The third-order valence-corrected chi connectivity index (χ3v) is 5.32. The largest absolute Gasteiger partial charge is 0.466 e. The molecule has 2 heteroatoms. The maximum absolute atomic E-state index is 12.2. The normalized spacial score (nSPS) is 14.2. The van der Waals surface area contributed by atoms with Crippen molar-refractivity contribution >= 4 is 5.97 Å². The number of esters is 1. The summed E-state index contributed by atoms with van der Waals surface area (Å²) in [6.45, 7) is 13.6. The molecule has 24 heavy (non-hydrogen) atoms. The predicted octanol–water partition coefficient (Wildman–Crippen LogP) is 7.01. The van der Waals surface area contributed by atoms with Gasteiger partial charge in [-0.2, -0.15) is 0 Å². The lowest BCUT2D eigenvalue weighted by molar-refractivity contribution is -0.150. The van der Waals surface area contributed by atoms with Crippen molar-refractivity contribution in [1.82, 2.24) is 0 Å². The highest BCUT2D eigenvalue weighted by molar-refractivity contribution is 5.72. The summed E-state index contributed by atoms with van der Waals surface area (Å²) in [7, 11) is 0. The number of hydrogen-bond acceptors (Lipinski definition) is 2. The zero-order valence-corrected chi connectivity index (χ0v) is 17.4. The van der Waals surface area contributed by atoms with Gasteiger partial charge >= 0.3 is 5.97 Å². The Morgan fingerprint density at radius 1 is 0.792 bits per heavy atom. The molecular weight excluding hydrogens is 296 g/mol. The molecule has 0 bridgehead atoms. The van der Waals surface area contributed by atoms with Gasteiger partial charge in [-0.3, -0.25) is 4.79 Å². The molecule has 0 radical (unpaired) electrons. The van der Waals surface area contributed by atoms with Crippen molar-refractivity contribution in [2.24, 2.45) is 23.7 Å². The average Bonchev–Trinajstić information content (AvgIpc) is 2.52. The first-order valence-corrected chi connectivity index (χ1v) is 10.6. The summed E-state index contributed by atoms with van der Waals surface area (Å²) in [6, 6.07) is 0. The third-order valence-electron chi connectivity index (χ3n) is 5.32. The zero-order chi connectivity index (χ0) is 18.4. The Morgan fingerprint density at radius 2 is 1.33 bits per heavy atom. The average molecular weight is 341 g/mol. The van der Waals surface area contributed by atoms with Gasteiger partial charge in [0.15, 0.2) is 0 Å². The van der Waals surface area contributed by atoms with Gasteiger partial charge in [0.1, 0.15) is 0 Å². The quantitative estimate of drug-likeness (QED) is 0.236. The molecular formula is C22H44O2. The molecule has 0 aromatic rings. The van der Waals surface area contributed by atoms with Crippen molar-refractivity contribution in [2.75, 3.05) is 6.61 Å². The van der Waals surface area contributed by atoms with Crippen molar-refractivity contribution < 1.29 is 9.53 Å². The van der Waals surface area contributed by atoms with E-state index in [4.69, 9.17) is 4.74 Å². The summed E-state index contributed by atoms with van der Waals surface area (Å²) in [6.07, 6.45) is 13.2. The highest BCUT2D eigenvalue weighted by Crippen LogP contribution is 2.30. The van der Waals surface area contributed by atoms with E-state index in [1.165, 1.54) is 57.8 Å². The van der Waals surface area contributed by atoms with E-state index in [2.05, 4.69) is 34.6 Å². The molecule has 2 unspecified atom stereocenters. The third kappa shape index (κ3) is 11.1. The number of carbonyl (C=O) groups excluding carboxylic acids is 1. The lowest BCUT2D eigenvalue weighted by Crippen LogP contribution is -2.27. The first-order valence-electron chi connectivity index (χ1n) is 10.6. The molecule has 0 N–H and O–H groups in total. The van der Waals surface area contributed by atoms with Gasteiger partial charge < -0.3 is 4.74 Å². The van der Waals surface area contributed by atoms with Crippen molar-refractivity contribution in [2.45, 2.75) is 106 Å². The van der Waals surface area contributed by atoms with E-state index in [1.54, 1.807) is 0 Å². The SMILES string of the molecule is CCCCCCCCCCC(CC(C(=O)OCC)C(C)C)C(C)C. The van der Waals surface area contributed by atoms with Crippen LogP contribution in [-0.2, 0) is 9.53 Å². The molecule has 0 aliphatic carbocycles. The van der Waals surface area contributed by atoms with Crippen LogP contribution in [0.3, 0.4) is 0 Å². The molecule has 2 atom stereocenters. The van der Waals surface area contributed by atoms with Gasteiger partial charge in [0.2, 0.25) is 0 Å². The molecule has 0 aliphatic heterocycles. The van der Waals surface area contributed by atoms with Crippen LogP contribution < -0.4 is 0 Å². The number of carbonyl (C=O) groups is 1. The van der Waals surface area contributed by atoms with Crippen LogP contribution in [0.5, 0.6) is 0 Å². The molecule has 2 nitrogen and oxygen atoms in total. The molecule has 0 fully saturated rings. The second kappa shape index (κ2) is 14.8. The maximum atomic E-state index is 12.2. The Morgan fingerprint density at radius 3 is 1.79 bits per heavy atom. The van der Waals surface area contributed by atoms with Gasteiger partial charge in [-0.15, -0.1) is 0 Å². The van der Waals surface area contributed by atoms with Gasteiger partial charge in [-0.25, -0.2) is 0 Å². The van der Waals surface area contributed by atoms with Crippen molar-refractivity contribution in [1.29, 1.82) is 0 Å². The second-order valence-corrected chi connectivity index (χ2v) is 8.11. The molecule has 0 saturated carbocycles. The van der Waals surface area contributed by atoms with Crippen LogP contribution in [0.15, 0.2) is 0 Å². The van der Waals surface area contributed by atoms with Gasteiger partial charge in [-0.05, 0) is 31.1 Å². The Labute approximate surface area is 152 Å². The molecule has 0 aliphatic rings. The fourth-order valence-corrected chi connectivity index (χ4v) is 3.48. The van der Waals surface area contributed by atoms with E-state index < -0.39 is 0 Å². The minimum absolute atomic E-state index is 0.00840. The van der Waals surface area contributed by atoms with Gasteiger partial charge in [0.25, 0.3) is 0 Å². The summed E-state index contributed by atoms with van der Waals surface area (Å²) in [5.41, 5.74) is 0. The molecule has 0 heterocycles. The van der Waals surface area contributed by atoms with Crippen molar-refractivity contribution in [3.63, 3.8) is 0 Å². The van der Waals surface area contributed by atoms with Crippen LogP contribution in [-0.4, -0.2) is 12.6 Å². The van der Waals surface area contributed by atoms with Crippen LogP contribution in [0.2, 0.25) is 0 Å². The number of hydrogen-bond donors (Lipinski definition) is 0. The first-order chi connectivity index (χ1) is 11.4. The van der Waals surface area contributed by atoms with Crippen LogP contribution in [0.1, 0.15) is 106 Å². The summed E-state index contributed by atoms with van der Waals surface area (Å²) in [4.78, 5) is 12.2. The number of ether oxygens (including phenoxy) is 1. The maximum Gasteiger partial charge on any atom is 0.309 e. The lowest BCUT2D eigenvalue weighted by atomic mass is 9.79. The number of unbranched alkanes of at least 4 members (excludes halogenated alkanes) is 7. The topological polar surface area (TPSA) is 26.3 Å². The Kier molecular flexibility index (Phi) is 14.5. The summed E-state index contributed by atoms with van der Waals surface area (Å²) >= 11 is 0. The van der Waals surface area contributed by atoms with Crippen molar-refractivity contribution in [3.05, 3.63) is 0 Å². The summed E-state index contributed by atoms with van der Waals surface area (Å²) in [5.74, 6) is 1.72. The van der Waals surface area contributed by atoms with E-state index in [0.717, 1.165) is 6.42 Å². The molecule has 0 rings (SSSR count). The minimum Gasteiger partial charge on any atom is -0.466 e. The first kappa shape index (κ1) is 23.5. The van der Waals surface area contributed by atoms with E-state index in [-0.39, 0.29) is 11.9 Å². The van der Waals surface area contributed by atoms with Crippen LogP contribution in [0, 0.1) is 23.7 Å². The number of rotatable bonds is 15. The Hall–Kier alpha value is -0.530. The summed E-state index contributed by atoms with van der Waals surface area (Å²) in [5, 5.41) is 0. The van der Waals surface area contributed by atoms with Gasteiger partial charge in [0.05, 0.1) is 12.5 Å². The monoisotopic (exact) mass is 340 g/mol. The van der Waals surface area contributed by atoms with E-state index in [9.17, 15) is 4.79 Å². The van der Waals surface area contributed by atoms with E-state index >= 15 is 0 Å². The van der Waals surface area contributed by atoms with E-state index in [0.29, 0.717) is 24.4 Å². The lowest BCUT2D eigenvalue weighted by Gasteiger charge is -2.27. The van der Waals surface area contributed by atoms with Crippen molar-refractivity contribution in [3.8, 4) is 0 Å². The minimum atomic E-state index is 0.00840. The highest BCUT2D eigenvalue weighted by Gasteiger charge is 2.28. The van der Waals surface area contributed by atoms with E-state index in [1.807, 2.05) is 6.92 Å². The van der Waals surface area contributed by atoms with Crippen LogP contribution >= 0.6 is 0 Å². The standard InChI is InChI=1S/C22H44O2/c1-7-9-10-11-12-13-14-15-16-20(18(3)4)17-21(19(5)6)22(23)24-8-2/h18-21H,7-17H2,1-6H3. The molecule has 0 aromatic heterocycles.